The summed E-state index contributed by atoms with van der Waals surface area (Å²) in [5, 5.41) is 6.40. The molecule has 1 heterocycles. The van der Waals surface area contributed by atoms with Gasteiger partial charge in [-0.3, -0.25) is 14.6 Å². The standard InChI is InChI=1S/C22H20ClN3O2/c23-19-7-1-4-16(12-19)9-10-21(27)25-14-17-5-2-8-20(13-17)26-22(28)18-6-3-11-24-15-18/h1-8,11-13,15H,9-10,14H2,(H,25,27)(H,26,28). The third-order valence-corrected chi connectivity index (χ3v) is 4.36. The maximum atomic E-state index is 12.2. The van der Waals surface area contributed by atoms with Crippen LogP contribution in [0.15, 0.2) is 73.1 Å². The first kappa shape index (κ1) is 19.6. The van der Waals surface area contributed by atoms with Crippen LogP contribution in [0.25, 0.3) is 0 Å². The van der Waals surface area contributed by atoms with Crippen molar-refractivity contribution >= 4 is 29.1 Å². The number of nitrogens with one attached hydrogen (secondary N) is 2. The van der Waals surface area contributed by atoms with E-state index >= 15 is 0 Å². The molecular weight excluding hydrogens is 374 g/mol. The molecule has 0 saturated heterocycles. The summed E-state index contributed by atoms with van der Waals surface area (Å²) < 4.78 is 0. The number of pyridine rings is 1. The van der Waals surface area contributed by atoms with Gasteiger partial charge >= 0.3 is 0 Å². The van der Waals surface area contributed by atoms with Crippen LogP contribution >= 0.6 is 11.6 Å². The summed E-state index contributed by atoms with van der Waals surface area (Å²) in [7, 11) is 0. The number of aromatic nitrogens is 1. The predicted octanol–water partition coefficient (Wildman–Crippen LogP) is 4.24. The first-order valence-corrected chi connectivity index (χ1v) is 9.29. The molecule has 5 nitrogen and oxygen atoms in total. The van der Waals surface area contributed by atoms with Gasteiger partial charge in [0, 0.05) is 36.1 Å². The van der Waals surface area contributed by atoms with Crippen LogP contribution in [-0.4, -0.2) is 16.8 Å². The second-order valence-electron chi connectivity index (χ2n) is 6.30. The predicted molar refractivity (Wildman–Crippen MR) is 110 cm³/mol. The molecule has 0 aliphatic rings. The van der Waals surface area contributed by atoms with E-state index in [2.05, 4.69) is 15.6 Å². The molecule has 28 heavy (non-hydrogen) atoms. The molecule has 0 aliphatic carbocycles. The van der Waals surface area contributed by atoms with Crippen LogP contribution in [0.4, 0.5) is 5.69 Å². The average molecular weight is 394 g/mol. The molecule has 0 saturated carbocycles. The quantitative estimate of drug-likeness (QED) is 0.630. The molecule has 6 heteroatoms. The van der Waals surface area contributed by atoms with E-state index in [-0.39, 0.29) is 11.8 Å². The zero-order valence-corrected chi connectivity index (χ0v) is 15.9. The zero-order chi connectivity index (χ0) is 19.8. The number of aryl methyl sites for hydroxylation is 1. The molecule has 3 aromatic rings. The minimum absolute atomic E-state index is 0.0372. The minimum Gasteiger partial charge on any atom is -0.352 e. The van der Waals surface area contributed by atoms with E-state index in [1.54, 1.807) is 24.4 Å². The summed E-state index contributed by atoms with van der Waals surface area (Å²) in [4.78, 5) is 28.2. The van der Waals surface area contributed by atoms with E-state index in [1.807, 2.05) is 42.5 Å². The van der Waals surface area contributed by atoms with Crippen molar-refractivity contribution < 1.29 is 9.59 Å². The van der Waals surface area contributed by atoms with E-state index in [0.717, 1.165) is 11.1 Å². The Balaban J connectivity index is 1.50. The number of anilines is 1. The lowest BCUT2D eigenvalue weighted by atomic mass is 10.1. The van der Waals surface area contributed by atoms with Gasteiger partial charge in [-0.1, -0.05) is 35.9 Å². The minimum atomic E-state index is -0.226. The molecule has 0 fully saturated rings. The third kappa shape index (κ3) is 5.93. The molecule has 0 spiro atoms. The lowest BCUT2D eigenvalue weighted by Crippen LogP contribution is -2.23. The SMILES string of the molecule is O=C(CCc1cccc(Cl)c1)NCc1cccc(NC(=O)c2cccnc2)c1. The molecule has 0 unspecified atom stereocenters. The van der Waals surface area contributed by atoms with E-state index in [9.17, 15) is 9.59 Å². The van der Waals surface area contributed by atoms with Crippen molar-refractivity contribution in [3.63, 3.8) is 0 Å². The smallest absolute Gasteiger partial charge is 0.257 e. The van der Waals surface area contributed by atoms with E-state index in [1.165, 1.54) is 6.20 Å². The van der Waals surface area contributed by atoms with E-state index in [0.29, 0.717) is 35.7 Å². The summed E-state index contributed by atoms with van der Waals surface area (Å²) in [6, 6.07) is 18.3. The highest BCUT2D eigenvalue weighted by atomic mass is 35.5. The van der Waals surface area contributed by atoms with E-state index in [4.69, 9.17) is 11.6 Å². The average Bonchev–Trinajstić information content (AvgIpc) is 2.72. The fourth-order valence-electron chi connectivity index (χ4n) is 2.70. The van der Waals surface area contributed by atoms with Crippen LogP contribution in [0.2, 0.25) is 5.02 Å². The zero-order valence-electron chi connectivity index (χ0n) is 15.2. The first-order valence-electron chi connectivity index (χ1n) is 8.91. The van der Waals surface area contributed by atoms with Crippen molar-refractivity contribution in [2.75, 3.05) is 5.32 Å². The van der Waals surface area contributed by atoms with Gasteiger partial charge in [0.25, 0.3) is 5.91 Å². The molecule has 2 amide bonds. The Hall–Kier alpha value is -3.18. The number of benzene rings is 2. The van der Waals surface area contributed by atoms with Crippen LogP contribution in [0.1, 0.15) is 27.9 Å². The van der Waals surface area contributed by atoms with Crippen molar-refractivity contribution in [2.24, 2.45) is 0 Å². The first-order chi connectivity index (χ1) is 13.6. The number of hydrogen-bond donors (Lipinski definition) is 2. The molecule has 0 bridgehead atoms. The van der Waals surface area contributed by atoms with Crippen LogP contribution in [0.5, 0.6) is 0 Å². The highest BCUT2D eigenvalue weighted by Crippen LogP contribution is 2.13. The number of nitrogens with zero attached hydrogens (tertiary/aromatic N) is 1. The fraction of sp³-hybridized carbons (Fsp3) is 0.136. The van der Waals surface area contributed by atoms with Gasteiger partial charge in [0.15, 0.2) is 0 Å². The summed E-state index contributed by atoms with van der Waals surface area (Å²) in [6.07, 6.45) is 4.15. The van der Waals surface area contributed by atoms with Crippen molar-refractivity contribution in [1.82, 2.24) is 10.3 Å². The van der Waals surface area contributed by atoms with Crippen molar-refractivity contribution in [1.29, 1.82) is 0 Å². The van der Waals surface area contributed by atoms with Gasteiger partial charge in [0.2, 0.25) is 5.91 Å². The van der Waals surface area contributed by atoms with Gasteiger partial charge < -0.3 is 10.6 Å². The molecule has 1 aromatic heterocycles. The molecule has 142 valence electrons. The monoisotopic (exact) mass is 393 g/mol. The summed E-state index contributed by atoms with van der Waals surface area (Å²) in [6.45, 7) is 0.394. The molecule has 3 rings (SSSR count). The number of carbonyl (C=O) groups is 2. The number of carbonyl (C=O) groups excluding carboxylic acids is 2. The Labute approximate surface area is 168 Å². The van der Waals surface area contributed by atoms with Gasteiger partial charge in [0.1, 0.15) is 0 Å². The third-order valence-electron chi connectivity index (χ3n) is 4.13. The number of hydrogen-bond acceptors (Lipinski definition) is 3. The normalized spacial score (nSPS) is 10.3. The van der Waals surface area contributed by atoms with Crippen molar-refractivity contribution in [3.05, 3.63) is 94.8 Å². The summed E-state index contributed by atoms with van der Waals surface area (Å²) >= 11 is 5.96. The maximum Gasteiger partial charge on any atom is 0.257 e. The van der Waals surface area contributed by atoms with Gasteiger partial charge in [-0.2, -0.15) is 0 Å². The molecule has 0 atom stereocenters. The van der Waals surface area contributed by atoms with Crippen LogP contribution in [-0.2, 0) is 17.8 Å². The number of amides is 2. The summed E-state index contributed by atoms with van der Waals surface area (Å²) in [5.74, 6) is -0.263. The maximum absolute atomic E-state index is 12.2. The topological polar surface area (TPSA) is 71.1 Å². The largest absolute Gasteiger partial charge is 0.352 e. The molecule has 0 radical (unpaired) electrons. The second-order valence-corrected chi connectivity index (χ2v) is 6.74. The Kier molecular flexibility index (Phi) is 6.76. The van der Waals surface area contributed by atoms with Gasteiger partial charge in [-0.15, -0.1) is 0 Å². The number of rotatable bonds is 7. The van der Waals surface area contributed by atoms with Crippen LogP contribution in [0.3, 0.4) is 0 Å². The Morgan fingerprint density at radius 3 is 2.57 bits per heavy atom. The van der Waals surface area contributed by atoms with Gasteiger partial charge in [0.05, 0.1) is 5.56 Å². The molecular formula is C22H20ClN3O2. The Bertz CT molecular complexity index is 961. The molecule has 2 aromatic carbocycles. The van der Waals surface area contributed by atoms with Crippen molar-refractivity contribution in [2.45, 2.75) is 19.4 Å². The van der Waals surface area contributed by atoms with E-state index < -0.39 is 0 Å². The van der Waals surface area contributed by atoms with Crippen LogP contribution in [0, 0.1) is 0 Å². The lowest BCUT2D eigenvalue weighted by Gasteiger charge is -2.09. The summed E-state index contributed by atoms with van der Waals surface area (Å²) in [5.41, 5.74) is 3.09. The Morgan fingerprint density at radius 2 is 1.79 bits per heavy atom. The highest BCUT2D eigenvalue weighted by Gasteiger charge is 2.07. The lowest BCUT2D eigenvalue weighted by molar-refractivity contribution is -0.121. The molecule has 2 N–H and O–H groups in total. The van der Waals surface area contributed by atoms with Crippen LogP contribution < -0.4 is 10.6 Å². The fourth-order valence-corrected chi connectivity index (χ4v) is 2.91. The number of halogens is 1. The van der Waals surface area contributed by atoms with Crippen molar-refractivity contribution in [3.8, 4) is 0 Å². The highest BCUT2D eigenvalue weighted by molar-refractivity contribution is 6.30. The Morgan fingerprint density at radius 1 is 0.964 bits per heavy atom. The van der Waals surface area contributed by atoms with Gasteiger partial charge in [-0.25, -0.2) is 0 Å². The molecule has 0 aliphatic heterocycles. The van der Waals surface area contributed by atoms with Gasteiger partial charge in [-0.05, 0) is 53.9 Å². The second kappa shape index (κ2) is 9.67.